The van der Waals surface area contributed by atoms with Crippen molar-refractivity contribution in [3.63, 3.8) is 0 Å². The molecule has 7 nitrogen and oxygen atoms in total. The van der Waals surface area contributed by atoms with E-state index in [1.807, 2.05) is 31.2 Å². The van der Waals surface area contributed by atoms with Gasteiger partial charge in [0.2, 0.25) is 11.1 Å². The van der Waals surface area contributed by atoms with Crippen molar-refractivity contribution in [2.45, 2.75) is 51.2 Å². The van der Waals surface area contributed by atoms with Crippen molar-refractivity contribution in [2.24, 2.45) is 11.8 Å². The summed E-state index contributed by atoms with van der Waals surface area (Å²) in [4.78, 5) is 12.4. The van der Waals surface area contributed by atoms with Gasteiger partial charge >= 0.3 is 0 Å². The Hall–Kier alpha value is -2.09. The third kappa shape index (κ3) is 4.80. The Morgan fingerprint density at radius 2 is 2.15 bits per heavy atom. The highest BCUT2D eigenvalue weighted by Gasteiger charge is 2.28. The predicted octanol–water partition coefficient (Wildman–Crippen LogP) is 3.09. The summed E-state index contributed by atoms with van der Waals surface area (Å²) in [5, 5.41) is 15.7. The quantitative estimate of drug-likeness (QED) is 0.733. The van der Waals surface area contributed by atoms with Gasteiger partial charge < -0.3 is 10.1 Å². The zero-order chi connectivity index (χ0) is 19.2. The van der Waals surface area contributed by atoms with Crippen LogP contribution in [0.4, 0.5) is 0 Å². The molecule has 8 heteroatoms. The second-order valence-corrected chi connectivity index (χ2v) is 7.95. The van der Waals surface area contributed by atoms with Gasteiger partial charge in [-0.1, -0.05) is 50.6 Å². The number of tetrazole rings is 1. The molecule has 3 unspecified atom stereocenters. The normalized spacial score (nSPS) is 22.4. The van der Waals surface area contributed by atoms with E-state index in [0.717, 1.165) is 12.1 Å². The van der Waals surface area contributed by atoms with Crippen LogP contribution in [-0.4, -0.2) is 44.5 Å². The second-order valence-electron chi connectivity index (χ2n) is 7.00. The third-order valence-corrected chi connectivity index (χ3v) is 6.14. The zero-order valence-corrected chi connectivity index (χ0v) is 16.9. The van der Waals surface area contributed by atoms with Crippen LogP contribution in [0.1, 0.15) is 40.0 Å². The Balaban J connectivity index is 1.63. The first-order chi connectivity index (χ1) is 13.1. The summed E-state index contributed by atoms with van der Waals surface area (Å²) in [6, 6.07) is 7.86. The number of hydrogen-bond acceptors (Lipinski definition) is 6. The molecule has 1 N–H and O–H groups in total. The molecule has 1 fully saturated rings. The van der Waals surface area contributed by atoms with Crippen molar-refractivity contribution in [3.05, 3.63) is 24.3 Å². The van der Waals surface area contributed by atoms with E-state index < -0.39 is 0 Å². The number of ether oxygens (including phenoxy) is 1. The third-order valence-electron chi connectivity index (χ3n) is 5.22. The van der Waals surface area contributed by atoms with E-state index in [0.29, 0.717) is 29.3 Å². The van der Waals surface area contributed by atoms with Crippen LogP contribution in [0.2, 0.25) is 0 Å². The molecule has 1 heterocycles. The molecule has 1 saturated carbocycles. The van der Waals surface area contributed by atoms with E-state index in [1.54, 1.807) is 4.68 Å². The highest BCUT2D eigenvalue weighted by molar-refractivity contribution is 7.99. The summed E-state index contributed by atoms with van der Waals surface area (Å²) in [5.41, 5.74) is 0.766. The predicted molar refractivity (Wildman–Crippen MR) is 105 cm³/mol. The molecule has 0 radical (unpaired) electrons. The molecule has 1 aromatic heterocycles. The highest BCUT2D eigenvalue weighted by atomic mass is 32.2. The van der Waals surface area contributed by atoms with Crippen LogP contribution in [-0.2, 0) is 4.79 Å². The Morgan fingerprint density at radius 1 is 1.33 bits per heavy atom. The molecule has 1 aliphatic carbocycles. The fraction of sp³-hybridized carbons (Fsp3) is 0.579. The maximum Gasteiger partial charge on any atom is 0.230 e. The Morgan fingerprint density at radius 3 is 2.96 bits per heavy atom. The molecule has 3 rings (SSSR count). The lowest BCUT2D eigenvalue weighted by Gasteiger charge is -2.34. The average Bonchev–Trinajstić information content (AvgIpc) is 3.13. The van der Waals surface area contributed by atoms with Crippen molar-refractivity contribution >= 4 is 17.7 Å². The Labute approximate surface area is 164 Å². The van der Waals surface area contributed by atoms with E-state index in [2.05, 4.69) is 34.7 Å². The number of aromatic nitrogens is 4. The van der Waals surface area contributed by atoms with E-state index in [9.17, 15) is 4.79 Å². The van der Waals surface area contributed by atoms with Crippen LogP contribution in [0.25, 0.3) is 5.69 Å². The number of carbonyl (C=O) groups is 1. The number of hydrogen-bond donors (Lipinski definition) is 1. The van der Waals surface area contributed by atoms with Crippen LogP contribution >= 0.6 is 11.8 Å². The van der Waals surface area contributed by atoms with Gasteiger partial charge in [0.25, 0.3) is 0 Å². The van der Waals surface area contributed by atoms with E-state index in [4.69, 9.17) is 4.74 Å². The summed E-state index contributed by atoms with van der Waals surface area (Å²) < 4.78 is 7.28. The molecule has 0 aliphatic heterocycles. The van der Waals surface area contributed by atoms with Crippen LogP contribution < -0.4 is 10.1 Å². The number of carbonyl (C=O) groups excluding carboxylic acids is 1. The molecule has 27 heavy (non-hydrogen) atoms. The largest absolute Gasteiger partial charge is 0.492 e. The fourth-order valence-electron chi connectivity index (χ4n) is 3.49. The number of rotatable bonds is 7. The molecular formula is C19H27N5O2S. The molecule has 146 valence electrons. The lowest BCUT2D eigenvalue weighted by atomic mass is 9.78. The minimum absolute atomic E-state index is 0.0265. The number of benzene rings is 1. The number of amides is 1. The maximum absolute atomic E-state index is 12.4. The number of nitrogens with one attached hydrogen (secondary N) is 1. The van der Waals surface area contributed by atoms with Crippen LogP contribution in [0, 0.1) is 11.8 Å². The summed E-state index contributed by atoms with van der Waals surface area (Å²) in [6.07, 6.45) is 3.48. The molecule has 0 spiro atoms. The second kappa shape index (κ2) is 9.21. The highest BCUT2D eigenvalue weighted by Crippen LogP contribution is 2.30. The molecular weight excluding hydrogens is 362 g/mol. The van der Waals surface area contributed by atoms with Gasteiger partial charge in [-0.15, -0.1) is 5.10 Å². The molecule has 1 aromatic carbocycles. The Kier molecular flexibility index (Phi) is 6.71. The van der Waals surface area contributed by atoms with Crippen LogP contribution in [0.15, 0.2) is 29.4 Å². The van der Waals surface area contributed by atoms with Gasteiger partial charge in [-0.3, -0.25) is 4.79 Å². The summed E-state index contributed by atoms with van der Waals surface area (Å²) in [5.74, 6) is 2.19. The first-order valence-electron chi connectivity index (χ1n) is 9.53. The van der Waals surface area contributed by atoms with Gasteiger partial charge in [0.05, 0.1) is 12.4 Å². The Bertz CT molecular complexity index is 766. The van der Waals surface area contributed by atoms with Crippen LogP contribution in [0.5, 0.6) is 5.75 Å². The van der Waals surface area contributed by atoms with Gasteiger partial charge in [0.1, 0.15) is 11.4 Å². The van der Waals surface area contributed by atoms with Crippen molar-refractivity contribution in [2.75, 3.05) is 12.4 Å². The van der Waals surface area contributed by atoms with E-state index in [1.165, 1.54) is 24.6 Å². The zero-order valence-electron chi connectivity index (χ0n) is 16.1. The fourth-order valence-corrected chi connectivity index (χ4v) is 4.19. The van der Waals surface area contributed by atoms with Gasteiger partial charge in [0.15, 0.2) is 0 Å². The van der Waals surface area contributed by atoms with Crippen molar-refractivity contribution in [3.8, 4) is 11.4 Å². The van der Waals surface area contributed by atoms with Crippen molar-refractivity contribution < 1.29 is 9.53 Å². The summed E-state index contributed by atoms with van der Waals surface area (Å²) >= 11 is 1.33. The molecule has 1 aliphatic rings. The standard InChI is InChI=1S/C19H27N5O2S/c1-4-26-17-11-6-5-10-16(17)24-19(21-22-23-24)27-12-18(25)20-15-9-7-8-13(2)14(15)3/h5-6,10-11,13-15H,4,7-9,12H2,1-3H3,(H,20,25). The lowest BCUT2D eigenvalue weighted by Crippen LogP contribution is -2.44. The van der Waals surface area contributed by atoms with Crippen molar-refractivity contribution in [1.82, 2.24) is 25.5 Å². The molecule has 0 bridgehead atoms. The van der Waals surface area contributed by atoms with Gasteiger partial charge in [0, 0.05) is 6.04 Å². The summed E-state index contributed by atoms with van der Waals surface area (Å²) in [6.45, 7) is 6.99. The monoisotopic (exact) mass is 389 g/mol. The smallest absolute Gasteiger partial charge is 0.230 e. The van der Waals surface area contributed by atoms with Gasteiger partial charge in [-0.25, -0.2) is 0 Å². The van der Waals surface area contributed by atoms with E-state index in [-0.39, 0.29) is 17.7 Å². The number of thioether (sulfide) groups is 1. The topological polar surface area (TPSA) is 81.9 Å². The van der Waals surface area contributed by atoms with Crippen LogP contribution in [0.3, 0.4) is 0 Å². The molecule has 2 aromatic rings. The SMILES string of the molecule is CCOc1ccccc1-n1nnnc1SCC(=O)NC1CCCC(C)C1C. The van der Waals surface area contributed by atoms with E-state index >= 15 is 0 Å². The lowest BCUT2D eigenvalue weighted by molar-refractivity contribution is -0.120. The first kappa shape index (κ1) is 19.7. The molecule has 0 saturated heterocycles. The average molecular weight is 390 g/mol. The number of para-hydroxylation sites is 2. The molecule has 1 amide bonds. The van der Waals surface area contributed by atoms with Gasteiger partial charge in [-0.05, 0) is 47.7 Å². The minimum atomic E-state index is 0.0265. The molecule has 3 atom stereocenters. The summed E-state index contributed by atoms with van der Waals surface area (Å²) in [7, 11) is 0. The van der Waals surface area contributed by atoms with Gasteiger partial charge in [-0.2, -0.15) is 4.68 Å². The minimum Gasteiger partial charge on any atom is -0.492 e. The first-order valence-corrected chi connectivity index (χ1v) is 10.5. The number of nitrogens with zero attached hydrogens (tertiary/aromatic N) is 4. The maximum atomic E-state index is 12.4. The van der Waals surface area contributed by atoms with Crippen molar-refractivity contribution in [1.29, 1.82) is 0 Å².